The van der Waals surface area contributed by atoms with Gasteiger partial charge in [0.2, 0.25) is 0 Å². The average molecular weight is 154 g/mol. The van der Waals surface area contributed by atoms with Crippen LogP contribution in [0.4, 0.5) is 9.59 Å². The second-order valence-electron chi connectivity index (χ2n) is 0.676. The van der Waals surface area contributed by atoms with Gasteiger partial charge >= 0.3 is 12.2 Å². The first-order valence-electron chi connectivity index (χ1n) is 1.77. The van der Waals surface area contributed by atoms with Gasteiger partial charge in [0.25, 0.3) is 0 Å². The minimum absolute atomic E-state index is 1.33. The molecule has 0 radical (unpaired) electrons. The van der Waals surface area contributed by atoms with E-state index in [2.05, 4.69) is 23.2 Å². The molecule has 2 amide bonds. The molecule has 0 rings (SSSR count). The van der Waals surface area contributed by atoms with Crippen LogP contribution in [0.15, 0.2) is 0 Å². The number of amides is 2. The predicted molar refractivity (Wildman–Crippen MR) is 32.8 cm³/mol. The molecule has 0 saturated heterocycles. The van der Waals surface area contributed by atoms with Crippen LogP contribution in [-0.4, -0.2) is 22.4 Å². The van der Waals surface area contributed by atoms with Crippen LogP contribution >= 0.6 is 0 Å². The molecule has 0 aromatic heterocycles. The highest BCUT2D eigenvalue weighted by Crippen LogP contribution is 1.35. The topological polar surface area (TPSA) is 179 Å². The van der Waals surface area contributed by atoms with E-state index in [0.717, 1.165) is 0 Å². The summed E-state index contributed by atoms with van der Waals surface area (Å²) < 4.78 is 0. The van der Waals surface area contributed by atoms with Crippen LogP contribution in [0.5, 0.6) is 0 Å². The molecule has 0 atom stereocenters. The van der Waals surface area contributed by atoms with E-state index < -0.39 is 12.2 Å². The molecule has 10 heavy (non-hydrogen) atoms. The molecular weight excluding hydrogens is 144 g/mol. The summed E-state index contributed by atoms with van der Waals surface area (Å²) in [7, 11) is 0. The van der Waals surface area contributed by atoms with Gasteiger partial charge in [-0.3, -0.25) is 11.7 Å². The van der Waals surface area contributed by atoms with Crippen LogP contribution in [-0.2, 0) is 0 Å². The van der Waals surface area contributed by atoms with Crippen molar-refractivity contribution >= 4 is 12.2 Å². The van der Waals surface area contributed by atoms with Crippen molar-refractivity contribution in [1.82, 2.24) is 0 Å². The Morgan fingerprint density at radius 2 is 0.900 bits per heavy atom. The maximum Gasteiger partial charge on any atom is 0.402 e. The third-order valence-electron chi connectivity index (χ3n) is 0. The zero-order valence-electron chi connectivity index (χ0n) is 5.02. The van der Waals surface area contributed by atoms with Crippen molar-refractivity contribution in [2.75, 3.05) is 0 Å². The van der Waals surface area contributed by atoms with Crippen molar-refractivity contribution in [3.8, 4) is 0 Å². The SMILES string of the molecule is NC(=O)O.NC(=O)O.NN. The van der Waals surface area contributed by atoms with E-state index in [1.54, 1.807) is 0 Å². The lowest BCUT2D eigenvalue weighted by molar-refractivity contribution is 0.204. The molecule has 0 aliphatic carbocycles. The smallest absolute Gasteiger partial charge is 0.402 e. The van der Waals surface area contributed by atoms with Gasteiger partial charge in [-0.1, -0.05) is 0 Å². The number of primary amides is 2. The van der Waals surface area contributed by atoms with Crippen LogP contribution in [0, 0.1) is 0 Å². The van der Waals surface area contributed by atoms with E-state index in [-0.39, 0.29) is 0 Å². The Hall–Kier alpha value is -1.54. The Bertz CT molecular complexity index is 73.3. The quantitative estimate of drug-likeness (QED) is 0.174. The molecule has 62 valence electrons. The standard InChI is InChI=1S/2CH3NO2.H4N2/c2*2-1(3)4;1-2/h2*2H2,(H,3,4);1-2H2. The third kappa shape index (κ3) is 81.2. The molecular formula is C2H10N4O4. The number of hydrazine groups is 1. The zero-order chi connectivity index (χ0) is 9.15. The second-order valence-corrected chi connectivity index (χ2v) is 0.676. The highest BCUT2D eigenvalue weighted by Gasteiger charge is 1.65. The van der Waals surface area contributed by atoms with Crippen LogP contribution in [0.25, 0.3) is 0 Å². The summed E-state index contributed by atoms with van der Waals surface area (Å²) in [5.74, 6) is 8.00. The Balaban J connectivity index is -0.0000000787. The minimum atomic E-state index is -1.33. The van der Waals surface area contributed by atoms with Gasteiger partial charge in [-0.15, -0.1) is 0 Å². The van der Waals surface area contributed by atoms with Crippen molar-refractivity contribution in [2.24, 2.45) is 23.2 Å². The van der Waals surface area contributed by atoms with Crippen molar-refractivity contribution < 1.29 is 19.8 Å². The van der Waals surface area contributed by atoms with Crippen molar-refractivity contribution in [2.45, 2.75) is 0 Å². The minimum Gasteiger partial charge on any atom is -0.465 e. The van der Waals surface area contributed by atoms with Gasteiger partial charge in [-0.25, -0.2) is 9.59 Å². The van der Waals surface area contributed by atoms with E-state index in [0.29, 0.717) is 0 Å². The lowest BCUT2D eigenvalue weighted by atomic mass is 11.3. The van der Waals surface area contributed by atoms with E-state index >= 15 is 0 Å². The van der Waals surface area contributed by atoms with Gasteiger partial charge in [0.05, 0.1) is 0 Å². The summed E-state index contributed by atoms with van der Waals surface area (Å²) in [6, 6.07) is 0. The molecule has 8 nitrogen and oxygen atoms in total. The summed E-state index contributed by atoms with van der Waals surface area (Å²) in [6.07, 6.45) is -2.67. The monoisotopic (exact) mass is 154 g/mol. The fourth-order valence-electron chi connectivity index (χ4n) is 0. The van der Waals surface area contributed by atoms with Gasteiger partial charge in [-0.2, -0.15) is 0 Å². The molecule has 8 heteroatoms. The maximum atomic E-state index is 8.78. The lowest BCUT2D eigenvalue weighted by Crippen LogP contribution is -2.03. The normalized spacial score (nSPS) is 5.40. The Morgan fingerprint density at radius 3 is 0.900 bits per heavy atom. The average Bonchev–Trinajstić information content (AvgIpc) is 1.66. The molecule has 0 spiro atoms. The summed E-state index contributed by atoms with van der Waals surface area (Å²) in [4.78, 5) is 17.6. The molecule has 10 N–H and O–H groups in total. The van der Waals surface area contributed by atoms with Gasteiger partial charge in [0.15, 0.2) is 0 Å². The van der Waals surface area contributed by atoms with Crippen LogP contribution < -0.4 is 23.2 Å². The molecule has 0 saturated carbocycles. The first-order chi connectivity index (χ1) is 4.46. The number of hydrogen-bond acceptors (Lipinski definition) is 4. The van der Waals surface area contributed by atoms with Crippen molar-refractivity contribution in [1.29, 1.82) is 0 Å². The van der Waals surface area contributed by atoms with Gasteiger partial charge in [-0.05, 0) is 0 Å². The Morgan fingerprint density at radius 1 is 0.900 bits per heavy atom. The van der Waals surface area contributed by atoms with E-state index in [1.807, 2.05) is 0 Å². The highest BCUT2D eigenvalue weighted by atomic mass is 16.4. The molecule has 0 aliphatic rings. The lowest BCUT2D eigenvalue weighted by Gasteiger charge is -1.61. The molecule has 0 aromatic rings. The zero-order valence-corrected chi connectivity index (χ0v) is 5.02. The molecule has 0 aromatic carbocycles. The van der Waals surface area contributed by atoms with Gasteiger partial charge in [0.1, 0.15) is 0 Å². The number of carbonyl (C=O) groups is 2. The Labute approximate surface area is 56.4 Å². The highest BCUT2D eigenvalue weighted by molar-refractivity contribution is 5.61. The van der Waals surface area contributed by atoms with Crippen LogP contribution in [0.3, 0.4) is 0 Å². The molecule has 0 fully saturated rings. The first kappa shape index (κ1) is 15.8. The number of carboxylic acid groups (broad SMARTS) is 2. The third-order valence-corrected chi connectivity index (χ3v) is 0. The number of rotatable bonds is 0. The Kier molecular flexibility index (Phi) is 24.7. The van der Waals surface area contributed by atoms with Crippen LogP contribution in [0.1, 0.15) is 0 Å². The fourth-order valence-corrected chi connectivity index (χ4v) is 0. The summed E-state index contributed by atoms with van der Waals surface area (Å²) in [5, 5.41) is 14.4. The fraction of sp³-hybridized carbons (Fsp3) is 0. The maximum absolute atomic E-state index is 8.78. The molecule has 0 heterocycles. The van der Waals surface area contributed by atoms with Crippen molar-refractivity contribution in [3.05, 3.63) is 0 Å². The van der Waals surface area contributed by atoms with E-state index in [4.69, 9.17) is 19.8 Å². The summed E-state index contributed by atoms with van der Waals surface area (Å²) in [5.41, 5.74) is 8.06. The number of nitrogens with two attached hydrogens (primary N) is 4. The second kappa shape index (κ2) is 15.7. The predicted octanol–water partition coefficient (Wildman–Crippen LogP) is -1.94. The summed E-state index contributed by atoms with van der Waals surface area (Å²) in [6.45, 7) is 0. The van der Waals surface area contributed by atoms with E-state index in [1.165, 1.54) is 0 Å². The number of hydrogen-bond donors (Lipinski definition) is 6. The van der Waals surface area contributed by atoms with E-state index in [9.17, 15) is 0 Å². The largest absolute Gasteiger partial charge is 0.465 e. The molecule has 0 bridgehead atoms. The van der Waals surface area contributed by atoms with Gasteiger partial charge < -0.3 is 21.7 Å². The van der Waals surface area contributed by atoms with Crippen molar-refractivity contribution in [3.63, 3.8) is 0 Å². The first-order valence-corrected chi connectivity index (χ1v) is 1.77. The molecule has 0 aliphatic heterocycles. The summed E-state index contributed by atoms with van der Waals surface area (Å²) >= 11 is 0. The molecule has 0 unspecified atom stereocenters. The van der Waals surface area contributed by atoms with Gasteiger partial charge in [0, 0.05) is 0 Å². The van der Waals surface area contributed by atoms with Crippen LogP contribution in [0.2, 0.25) is 0 Å².